The first-order valence-corrected chi connectivity index (χ1v) is 45.4. The number of phosphoric acid groups is 2. The van der Waals surface area contributed by atoms with E-state index in [9.17, 15) is 43.2 Å². The summed E-state index contributed by atoms with van der Waals surface area (Å²) in [5.41, 5.74) is 0. The Kier molecular flexibility index (Phi) is 70.9. The monoisotopic (exact) mass is 1480 g/mol. The average Bonchev–Trinajstić information content (AvgIpc) is 0.914. The summed E-state index contributed by atoms with van der Waals surface area (Å²) in [5, 5.41) is 10.6. The lowest BCUT2D eigenvalue weighted by atomic mass is 9.99. The van der Waals surface area contributed by atoms with Crippen molar-refractivity contribution in [1.29, 1.82) is 0 Å². The minimum Gasteiger partial charge on any atom is -0.462 e. The number of aliphatic hydroxyl groups excluding tert-OH is 1. The van der Waals surface area contributed by atoms with E-state index in [1.54, 1.807) is 0 Å². The lowest BCUT2D eigenvalue weighted by molar-refractivity contribution is -0.161. The second-order valence-electron chi connectivity index (χ2n) is 30.7. The van der Waals surface area contributed by atoms with Crippen molar-refractivity contribution in [3.8, 4) is 0 Å². The lowest BCUT2D eigenvalue weighted by Gasteiger charge is -2.21. The smallest absolute Gasteiger partial charge is 0.462 e. The molecule has 0 radical (unpaired) electrons. The van der Waals surface area contributed by atoms with Crippen molar-refractivity contribution in [1.82, 2.24) is 0 Å². The van der Waals surface area contributed by atoms with Crippen LogP contribution in [0.5, 0.6) is 0 Å². The molecule has 6 atom stereocenters. The zero-order valence-corrected chi connectivity index (χ0v) is 68.2. The number of phosphoric ester groups is 2. The van der Waals surface area contributed by atoms with Crippen LogP contribution in [0.3, 0.4) is 0 Å². The average molecular weight is 1480 g/mol. The third-order valence-electron chi connectivity index (χ3n) is 19.5. The van der Waals surface area contributed by atoms with E-state index in [0.29, 0.717) is 25.7 Å². The molecule has 600 valence electrons. The van der Waals surface area contributed by atoms with Gasteiger partial charge in [-0.1, -0.05) is 376 Å². The van der Waals surface area contributed by atoms with Crippen molar-refractivity contribution in [2.45, 2.75) is 446 Å². The first-order chi connectivity index (χ1) is 48.8. The van der Waals surface area contributed by atoms with Gasteiger partial charge in [-0.3, -0.25) is 37.3 Å². The van der Waals surface area contributed by atoms with Crippen LogP contribution in [0.25, 0.3) is 0 Å². The number of ether oxygens (including phenoxy) is 4. The molecule has 0 aliphatic carbocycles. The van der Waals surface area contributed by atoms with Gasteiger partial charge in [0.1, 0.15) is 19.3 Å². The molecule has 0 aromatic carbocycles. The highest BCUT2D eigenvalue weighted by Gasteiger charge is 2.30. The fourth-order valence-corrected chi connectivity index (χ4v) is 14.2. The predicted octanol–water partition coefficient (Wildman–Crippen LogP) is 24.5. The van der Waals surface area contributed by atoms with E-state index in [4.69, 9.17) is 37.0 Å². The van der Waals surface area contributed by atoms with Crippen LogP contribution >= 0.6 is 15.6 Å². The van der Waals surface area contributed by atoms with Crippen LogP contribution in [0, 0.1) is 17.8 Å². The molecule has 0 spiro atoms. The third-order valence-corrected chi connectivity index (χ3v) is 21.4. The van der Waals surface area contributed by atoms with Crippen LogP contribution in [0.4, 0.5) is 0 Å². The van der Waals surface area contributed by atoms with Gasteiger partial charge in [-0.05, 0) is 43.4 Å². The van der Waals surface area contributed by atoms with E-state index in [1.165, 1.54) is 238 Å². The van der Waals surface area contributed by atoms with E-state index in [-0.39, 0.29) is 25.7 Å². The van der Waals surface area contributed by atoms with Crippen molar-refractivity contribution in [3.63, 3.8) is 0 Å². The third kappa shape index (κ3) is 74.7. The molecule has 0 amide bonds. The summed E-state index contributed by atoms with van der Waals surface area (Å²) in [6.07, 6.45) is 61.1. The van der Waals surface area contributed by atoms with Gasteiger partial charge in [-0.25, -0.2) is 9.13 Å². The summed E-state index contributed by atoms with van der Waals surface area (Å²) in [7, 11) is -9.92. The van der Waals surface area contributed by atoms with Gasteiger partial charge in [0.15, 0.2) is 12.2 Å². The van der Waals surface area contributed by atoms with Gasteiger partial charge in [0.05, 0.1) is 26.4 Å². The minimum atomic E-state index is -4.96. The van der Waals surface area contributed by atoms with Gasteiger partial charge in [0, 0.05) is 25.7 Å². The molecule has 19 heteroatoms. The summed E-state index contributed by atoms with van der Waals surface area (Å²) in [4.78, 5) is 73.0. The van der Waals surface area contributed by atoms with E-state index in [0.717, 1.165) is 108 Å². The van der Waals surface area contributed by atoms with Crippen molar-refractivity contribution < 1.29 is 80.2 Å². The summed E-state index contributed by atoms with van der Waals surface area (Å²) in [6.45, 7) is 11.9. The SMILES string of the molecule is CCCCCCCCCCCCCCCCCCCCCCCCC(=O)O[C@H](COC(=O)CCCCCCCCCCCCCC(C)C)COP(=O)(O)OC[C@@H](O)COP(=O)(O)OC[C@@H](COC(=O)CCCCCCCCCCC(C)C)OC(=O)CCCCCCCCCCCCC(C)CC. The fourth-order valence-electron chi connectivity index (χ4n) is 12.6. The van der Waals surface area contributed by atoms with Crippen LogP contribution in [0.2, 0.25) is 0 Å². The highest BCUT2D eigenvalue weighted by molar-refractivity contribution is 7.47. The number of hydrogen-bond acceptors (Lipinski definition) is 15. The molecule has 0 bridgehead atoms. The maximum atomic E-state index is 13.1. The summed E-state index contributed by atoms with van der Waals surface area (Å²) >= 11 is 0. The van der Waals surface area contributed by atoms with E-state index in [2.05, 4.69) is 48.5 Å². The highest BCUT2D eigenvalue weighted by atomic mass is 31.2. The topological polar surface area (TPSA) is 237 Å². The van der Waals surface area contributed by atoms with Gasteiger partial charge >= 0.3 is 39.5 Å². The Morgan fingerprint density at radius 2 is 0.505 bits per heavy atom. The molecule has 0 saturated carbocycles. The van der Waals surface area contributed by atoms with Gasteiger partial charge in [0.25, 0.3) is 0 Å². The number of rotatable bonds is 80. The summed E-state index contributed by atoms with van der Waals surface area (Å²) in [6, 6.07) is 0. The number of hydrogen-bond donors (Lipinski definition) is 3. The van der Waals surface area contributed by atoms with E-state index >= 15 is 0 Å². The van der Waals surface area contributed by atoms with Crippen LogP contribution in [-0.2, 0) is 65.4 Å². The molecule has 0 aromatic rings. The molecule has 17 nitrogen and oxygen atoms in total. The molecule has 3 unspecified atom stereocenters. The molecular weight excluding hydrogens is 1320 g/mol. The molecule has 0 aliphatic heterocycles. The Hall–Kier alpha value is -1.94. The Morgan fingerprint density at radius 1 is 0.287 bits per heavy atom. The lowest BCUT2D eigenvalue weighted by Crippen LogP contribution is -2.30. The van der Waals surface area contributed by atoms with E-state index in [1.807, 2.05) is 0 Å². The fraction of sp³-hybridized carbons (Fsp3) is 0.951. The Bertz CT molecular complexity index is 1960. The van der Waals surface area contributed by atoms with Gasteiger partial charge in [-0.2, -0.15) is 0 Å². The van der Waals surface area contributed by atoms with Gasteiger partial charge in [0.2, 0.25) is 0 Å². The minimum absolute atomic E-state index is 0.106. The summed E-state index contributed by atoms with van der Waals surface area (Å²) < 4.78 is 68.7. The normalized spacial score (nSPS) is 14.2. The first kappa shape index (κ1) is 99.1. The Morgan fingerprint density at radius 3 is 0.752 bits per heavy atom. The second kappa shape index (κ2) is 72.3. The first-order valence-electron chi connectivity index (χ1n) is 42.4. The Balaban J connectivity index is 5.22. The molecule has 101 heavy (non-hydrogen) atoms. The molecule has 0 saturated heterocycles. The molecule has 0 aromatic heterocycles. The number of carbonyl (C=O) groups excluding carboxylic acids is 4. The van der Waals surface area contributed by atoms with Gasteiger partial charge in [-0.15, -0.1) is 0 Å². The zero-order valence-electron chi connectivity index (χ0n) is 66.4. The van der Waals surface area contributed by atoms with Crippen molar-refractivity contribution in [3.05, 3.63) is 0 Å². The van der Waals surface area contributed by atoms with Crippen LogP contribution in [0.1, 0.15) is 427 Å². The highest BCUT2D eigenvalue weighted by Crippen LogP contribution is 2.45. The maximum Gasteiger partial charge on any atom is 0.472 e. The van der Waals surface area contributed by atoms with Crippen LogP contribution in [-0.4, -0.2) is 96.7 Å². The van der Waals surface area contributed by atoms with Crippen molar-refractivity contribution in [2.24, 2.45) is 17.8 Å². The molecule has 3 N–H and O–H groups in total. The quantitative estimate of drug-likeness (QED) is 0.0222. The van der Waals surface area contributed by atoms with E-state index < -0.39 is 97.5 Å². The van der Waals surface area contributed by atoms with Crippen molar-refractivity contribution >= 4 is 39.5 Å². The summed E-state index contributed by atoms with van der Waals surface area (Å²) in [5.74, 6) is 0.188. The number of carbonyl (C=O) groups is 4. The Labute approximate surface area is 619 Å². The molecular formula is C82H160O17P2. The maximum absolute atomic E-state index is 13.1. The molecule has 0 rings (SSSR count). The second-order valence-corrected chi connectivity index (χ2v) is 33.6. The number of esters is 4. The zero-order chi connectivity index (χ0) is 74.4. The number of aliphatic hydroxyl groups is 1. The van der Waals surface area contributed by atoms with Gasteiger partial charge < -0.3 is 33.8 Å². The van der Waals surface area contributed by atoms with Crippen LogP contribution in [0.15, 0.2) is 0 Å². The number of unbranched alkanes of at least 4 members (excludes halogenated alkanes) is 47. The van der Waals surface area contributed by atoms with Crippen LogP contribution < -0.4 is 0 Å². The molecule has 0 heterocycles. The molecule has 0 fully saturated rings. The predicted molar refractivity (Wildman–Crippen MR) is 414 cm³/mol. The van der Waals surface area contributed by atoms with Crippen molar-refractivity contribution in [2.75, 3.05) is 39.6 Å². The standard InChI is InChI=1S/C82H160O17P2/c1-8-10-11-12-13-14-15-16-17-18-19-20-21-22-23-24-25-28-35-44-51-58-65-81(86)98-77(69-92-79(84)63-56-49-42-34-29-26-27-32-39-46-53-60-73(3)4)71-96-100(88,89)94-67-76(83)68-95-101(90,91)97-72-78(70-93-80(85)64-57-50-43-38-37-40-47-54-61-74(5)6)99-82(87)66-59-52-45-36-31-30-33-41-48-55-62-75(7)9-2/h73-78,83H,8-72H2,1-7H3,(H,88,89)(H,90,91)/t75?,76-,77-,78-/m1/s1. The largest absolute Gasteiger partial charge is 0.472 e. The molecule has 0 aliphatic rings.